The zero-order valence-corrected chi connectivity index (χ0v) is 13.9. The summed E-state index contributed by atoms with van der Waals surface area (Å²) in [6.45, 7) is 4.58. The molecule has 0 amide bonds. The van der Waals surface area contributed by atoms with Gasteiger partial charge in [0, 0.05) is 35.3 Å². The van der Waals surface area contributed by atoms with Gasteiger partial charge in [0.05, 0.1) is 0 Å². The molecular formula is C17H25BrN2. The van der Waals surface area contributed by atoms with Crippen LogP contribution in [0, 0.1) is 5.92 Å². The molecular weight excluding hydrogens is 312 g/mol. The van der Waals surface area contributed by atoms with E-state index in [1.807, 2.05) is 0 Å². The van der Waals surface area contributed by atoms with E-state index in [4.69, 9.17) is 0 Å². The Morgan fingerprint density at radius 2 is 2.00 bits per heavy atom. The Morgan fingerprint density at radius 3 is 2.75 bits per heavy atom. The van der Waals surface area contributed by atoms with Crippen molar-refractivity contribution in [2.24, 2.45) is 5.92 Å². The van der Waals surface area contributed by atoms with E-state index < -0.39 is 0 Å². The smallest absolute Gasteiger partial charge is 0.0387 e. The van der Waals surface area contributed by atoms with E-state index in [9.17, 15) is 0 Å². The summed E-state index contributed by atoms with van der Waals surface area (Å²) in [7, 11) is 0. The summed E-state index contributed by atoms with van der Waals surface area (Å²) in [6, 6.07) is 9.98. The summed E-state index contributed by atoms with van der Waals surface area (Å²) in [5.41, 5.74) is 1.36. The molecule has 20 heavy (non-hydrogen) atoms. The Kier molecular flexibility index (Phi) is 4.67. The molecule has 0 radical (unpaired) electrons. The van der Waals surface area contributed by atoms with E-state index in [0.29, 0.717) is 12.1 Å². The number of hydrogen-bond donors (Lipinski definition) is 1. The van der Waals surface area contributed by atoms with Gasteiger partial charge in [0.25, 0.3) is 0 Å². The van der Waals surface area contributed by atoms with Gasteiger partial charge in [-0.25, -0.2) is 0 Å². The monoisotopic (exact) mass is 336 g/mol. The fourth-order valence-electron chi connectivity index (χ4n) is 3.76. The van der Waals surface area contributed by atoms with Crippen molar-refractivity contribution in [3.05, 3.63) is 28.7 Å². The molecule has 1 heterocycles. The lowest BCUT2D eigenvalue weighted by Crippen LogP contribution is -2.58. The van der Waals surface area contributed by atoms with Crippen molar-refractivity contribution in [3.8, 4) is 0 Å². The summed E-state index contributed by atoms with van der Waals surface area (Å²) in [6.07, 6.45) is 7.12. The third-order valence-corrected chi connectivity index (χ3v) is 5.45. The number of hydrogen-bond acceptors (Lipinski definition) is 2. The molecule has 0 aromatic heterocycles. The summed E-state index contributed by atoms with van der Waals surface area (Å²) in [5, 5.41) is 3.80. The molecule has 3 rings (SSSR count). The SMILES string of the molecule is CC1CNC(C2CCCCC2)CN1c1cccc(Br)c1. The van der Waals surface area contributed by atoms with Crippen LogP contribution in [0.15, 0.2) is 28.7 Å². The van der Waals surface area contributed by atoms with Crippen LogP contribution in [0.25, 0.3) is 0 Å². The van der Waals surface area contributed by atoms with Gasteiger partial charge in [-0.15, -0.1) is 0 Å². The van der Waals surface area contributed by atoms with Crippen molar-refractivity contribution in [1.82, 2.24) is 5.32 Å². The second kappa shape index (κ2) is 6.48. The summed E-state index contributed by atoms with van der Waals surface area (Å²) in [4.78, 5) is 2.58. The van der Waals surface area contributed by atoms with Crippen molar-refractivity contribution < 1.29 is 0 Å². The molecule has 1 saturated carbocycles. The van der Waals surface area contributed by atoms with Crippen LogP contribution in [0.5, 0.6) is 0 Å². The van der Waals surface area contributed by atoms with E-state index in [1.165, 1.54) is 42.3 Å². The molecule has 1 aliphatic heterocycles. The van der Waals surface area contributed by atoms with E-state index in [0.717, 1.165) is 19.0 Å². The van der Waals surface area contributed by atoms with Crippen molar-refractivity contribution in [3.63, 3.8) is 0 Å². The molecule has 1 aliphatic carbocycles. The van der Waals surface area contributed by atoms with Crippen LogP contribution in [-0.4, -0.2) is 25.2 Å². The lowest BCUT2D eigenvalue weighted by atomic mass is 9.82. The molecule has 1 saturated heterocycles. The molecule has 2 unspecified atom stereocenters. The normalized spacial score (nSPS) is 28.6. The zero-order valence-electron chi connectivity index (χ0n) is 12.3. The number of benzene rings is 1. The van der Waals surface area contributed by atoms with E-state index in [-0.39, 0.29) is 0 Å². The molecule has 0 spiro atoms. The maximum Gasteiger partial charge on any atom is 0.0387 e. The molecule has 3 heteroatoms. The van der Waals surface area contributed by atoms with Crippen LogP contribution in [0.3, 0.4) is 0 Å². The number of nitrogens with zero attached hydrogens (tertiary/aromatic N) is 1. The minimum Gasteiger partial charge on any atom is -0.366 e. The highest BCUT2D eigenvalue weighted by Crippen LogP contribution is 2.30. The minimum atomic E-state index is 0.573. The van der Waals surface area contributed by atoms with Gasteiger partial charge in [0.15, 0.2) is 0 Å². The molecule has 1 aromatic rings. The van der Waals surface area contributed by atoms with Gasteiger partial charge < -0.3 is 10.2 Å². The minimum absolute atomic E-state index is 0.573. The molecule has 1 aromatic carbocycles. The van der Waals surface area contributed by atoms with Crippen molar-refractivity contribution in [2.45, 2.75) is 51.1 Å². The van der Waals surface area contributed by atoms with Gasteiger partial charge in [-0.2, -0.15) is 0 Å². The van der Waals surface area contributed by atoms with E-state index >= 15 is 0 Å². The molecule has 1 N–H and O–H groups in total. The standard InChI is InChI=1S/C17H25BrN2/c1-13-11-19-17(14-6-3-2-4-7-14)12-20(13)16-9-5-8-15(18)10-16/h5,8-10,13-14,17,19H,2-4,6-7,11-12H2,1H3. The third kappa shape index (κ3) is 3.20. The van der Waals surface area contributed by atoms with Gasteiger partial charge in [-0.3, -0.25) is 0 Å². The van der Waals surface area contributed by atoms with Gasteiger partial charge >= 0.3 is 0 Å². The van der Waals surface area contributed by atoms with Gasteiger partial charge in [0.1, 0.15) is 0 Å². The Morgan fingerprint density at radius 1 is 1.20 bits per heavy atom. The number of piperazine rings is 1. The highest BCUT2D eigenvalue weighted by atomic mass is 79.9. The average Bonchev–Trinajstić information content (AvgIpc) is 2.48. The first-order chi connectivity index (χ1) is 9.74. The molecule has 2 atom stereocenters. The average molecular weight is 337 g/mol. The predicted octanol–water partition coefficient (Wildman–Crippen LogP) is 4.20. The molecule has 110 valence electrons. The summed E-state index contributed by atoms with van der Waals surface area (Å²) in [5.74, 6) is 0.880. The number of rotatable bonds is 2. The first kappa shape index (κ1) is 14.4. The maximum atomic E-state index is 3.80. The molecule has 0 bridgehead atoms. The Labute approximate surface area is 131 Å². The van der Waals surface area contributed by atoms with Crippen LogP contribution < -0.4 is 10.2 Å². The lowest BCUT2D eigenvalue weighted by Gasteiger charge is -2.44. The first-order valence-electron chi connectivity index (χ1n) is 7.99. The first-order valence-corrected chi connectivity index (χ1v) is 8.79. The number of nitrogens with one attached hydrogen (secondary N) is 1. The van der Waals surface area contributed by atoms with Crippen LogP contribution >= 0.6 is 15.9 Å². The van der Waals surface area contributed by atoms with Gasteiger partial charge in [-0.05, 0) is 43.9 Å². The van der Waals surface area contributed by atoms with Crippen molar-refractivity contribution in [2.75, 3.05) is 18.0 Å². The summed E-state index contributed by atoms with van der Waals surface area (Å²) >= 11 is 3.60. The van der Waals surface area contributed by atoms with Crippen LogP contribution in [0.4, 0.5) is 5.69 Å². The predicted molar refractivity (Wildman–Crippen MR) is 89.3 cm³/mol. The third-order valence-electron chi connectivity index (χ3n) is 4.96. The van der Waals surface area contributed by atoms with Gasteiger partial charge in [-0.1, -0.05) is 41.3 Å². The van der Waals surface area contributed by atoms with Gasteiger partial charge in [0.2, 0.25) is 0 Å². The van der Waals surface area contributed by atoms with Crippen molar-refractivity contribution >= 4 is 21.6 Å². The molecule has 2 fully saturated rings. The van der Waals surface area contributed by atoms with Crippen LogP contribution in [0.1, 0.15) is 39.0 Å². The molecule has 2 nitrogen and oxygen atoms in total. The zero-order chi connectivity index (χ0) is 13.9. The second-order valence-electron chi connectivity index (χ2n) is 6.39. The second-order valence-corrected chi connectivity index (χ2v) is 7.31. The topological polar surface area (TPSA) is 15.3 Å². The lowest BCUT2D eigenvalue weighted by molar-refractivity contribution is 0.245. The summed E-state index contributed by atoms with van der Waals surface area (Å²) < 4.78 is 1.18. The number of anilines is 1. The largest absolute Gasteiger partial charge is 0.366 e. The highest BCUT2D eigenvalue weighted by molar-refractivity contribution is 9.10. The van der Waals surface area contributed by atoms with Crippen LogP contribution in [-0.2, 0) is 0 Å². The Balaban J connectivity index is 1.72. The maximum absolute atomic E-state index is 3.80. The van der Waals surface area contributed by atoms with E-state index in [2.05, 4.69) is 57.3 Å². The molecule has 2 aliphatic rings. The number of halogens is 1. The fourth-order valence-corrected chi connectivity index (χ4v) is 4.14. The van der Waals surface area contributed by atoms with E-state index in [1.54, 1.807) is 0 Å². The fraction of sp³-hybridized carbons (Fsp3) is 0.647. The van der Waals surface area contributed by atoms with Crippen LogP contribution in [0.2, 0.25) is 0 Å². The highest BCUT2D eigenvalue weighted by Gasteiger charge is 2.31. The van der Waals surface area contributed by atoms with Crippen molar-refractivity contribution in [1.29, 1.82) is 0 Å². The Bertz CT molecular complexity index is 442. The quantitative estimate of drug-likeness (QED) is 0.870. The Hall–Kier alpha value is -0.540.